The van der Waals surface area contributed by atoms with Crippen LogP contribution in [-0.4, -0.2) is 15.0 Å². The Morgan fingerprint density at radius 1 is 0.562 bits per heavy atom. The SMILES string of the molecule is C=c1/c(=C\C=C/C)oc2c(-c3ccccc3)nc3cccc(-c4ccc(-c5cc(-c6ccccc6)nc(-c6ccccc6)n5)cc4)c3c12. The van der Waals surface area contributed by atoms with Gasteiger partial charge in [0, 0.05) is 38.2 Å². The lowest BCUT2D eigenvalue weighted by molar-refractivity contribution is 0.576. The molecule has 8 rings (SSSR count). The average molecular weight is 618 g/mol. The van der Waals surface area contributed by atoms with E-state index >= 15 is 0 Å². The predicted octanol–water partition coefficient (Wildman–Crippen LogP) is 9.87. The van der Waals surface area contributed by atoms with E-state index in [9.17, 15) is 0 Å². The van der Waals surface area contributed by atoms with Gasteiger partial charge in [-0.1, -0.05) is 146 Å². The average Bonchev–Trinajstić information content (AvgIpc) is 3.49. The van der Waals surface area contributed by atoms with Crippen LogP contribution in [0.15, 0.2) is 156 Å². The lowest BCUT2D eigenvalue weighted by Gasteiger charge is -2.12. The second-order valence-electron chi connectivity index (χ2n) is 11.6. The highest BCUT2D eigenvalue weighted by Crippen LogP contribution is 2.37. The predicted molar refractivity (Wildman–Crippen MR) is 198 cm³/mol. The maximum Gasteiger partial charge on any atom is 0.162 e. The highest BCUT2D eigenvalue weighted by Gasteiger charge is 2.19. The summed E-state index contributed by atoms with van der Waals surface area (Å²) in [5, 5.41) is 2.85. The topological polar surface area (TPSA) is 51.8 Å². The minimum Gasteiger partial charge on any atom is -0.454 e. The van der Waals surface area contributed by atoms with Crippen molar-refractivity contribution >= 4 is 34.5 Å². The number of rotatable bonds is 6. The number of furan rings is 1. The van der Waals surface area contributed by atoms with E-state index in [1.165, 1.54) is 0 Å². The summed E-state index contributed by atoms with van der Waals surface area (Å²) in [5.74, 6) is 0.696. The third kappa shape index (κ3) is 5.29. The molecule has 0 radical (unpaired) electrons. The van der Waals surface area contributed by atoms with Crippen molar-refractivity contribution in [1.82, 2.24) is 15.0 Å². The number of allylic oxidation sites excluding steroid dienone is 2. The first-order valence-corrected chi connectivity index (χ1v) is 16.0. The molecule has 0 saturated carbocycles. The molecule has 0 aliphatic rings. The Morgan fingerprint density at radius 3 is 1.79 bits per heavy atom. The van der Waals surface area contributed by atoms with Gasteiger partial charge >= 0.3 is 0 Å². The van der Waals surface area contributed by atoms with Crippen LogP contribution in [0.1, 0.15) is 6.92 Å². The maximum atomic E-state index is 6.51. The van der Waals surface area contributed by atoms with E-state index < -0.39 is 0 Å². The molecule has 0 saturated heterocycles. The van der Waals surface area contributed by atoms with E-state index in [1.807, 2.05) is 91.9 Å². The monoisotopic (exact) mass is 617 g/mol. The zero-order valence-corrected chi connectivity index (χ0v) is 26.5. The van der Waals surface area contributed by atoms with Crippen molar-refractivity contribution in [3.8, 4) is 56.3 Å². The van der Waals surface area contributed by atoms with Crippen LogP contribution in [0.25, 0.3) is 90.8 Å². The molecule has 228 valence electrons. The molecular weight excluding hydrogens is 587 g/mol. The van der Waals surface area contributed by atoms with Crippen LogP contribution in [0.4, 0.5) is 0 Å². The molecule has 8 aromatic rings. The third-order valence-electron chi connectivity index (χ3n) is 8.58. The number of benzene rings is 5. The molecule has 3 aromatic heterocycles. The van der Waals surface area contributed by atoms with E-state index in [4.69, 9.17) is 19.4 Å². The van der Waals surface area contributed by atoms with Crippen molar-refractivity contribution in [3.05, 3.63) is 162 Å². The van der Waals surface area contributed by atoms with Crippen LogP contribution in [0.2, 0.25) is 0 Å². The summed E-state index contributed by atoms with van der Waals surface area (Å²) in [4.78, 5) is 15.1. The summed E-state index contributed by atoms with van der Waals surface area (Å²) in [7, 11) is 0. The van der Waals surface area contributed by atoms with E-state index in [2.05, 4.69) is 79.4 Å². The Hall–Kier alpha value is -6.39. The number of pyridine rings is 1. The Morgan fingerprint density at radius 2 is 1.15 bits per heavy atom. The lowest BCUT2D eigenvalue weighted by Crippen LogP contribution is -2.17. The molecule has 0 spiro atoms. The lowest BCUT2D eigenvalue weighted by atomic mass is 9.95. The molecule has 0 N–H and O–H groups in total. The normalized spacial score (nSPS) is 12.0. The van der Waals surface area contributed by atoms with Crippen molar-refractivity contribution in [2.24, 2.45) is 0 Å². The highest BCUT2D eigenvalue weighted by molar-refractivity contribution is 6.15. The van der Waals surface area contributed by atoms with Gasteiger partial charge in [0.2, 0.25) is 0 Å². The molecular formula is C44H31N3O. The third-order valence-corrected chi connectivity index (χ3v) is 8.58. The van der Waals surface area contributed by atoms with Crippen molar-refractivity contribution in [2.75, 3.05) is 0 Å². The van der Waals surface area contributed by atoms with Crippen molar-refractivity contribution < 1.29 is 4.42 Å². The number of nitrogens with zero attached hydrogens (tertiary/aromatic N) is 3. The largest absolute Gasteiger partial charge is 0.454 e. The van der Waals surface area contributed by atoms with E-state index in [0.29, 0.717) is 5.82 Å². The minimum absolute atomic E-state index is 0.696. The quantitative estimate of drug-likeness (QED) is 0.186. The Kier molecular flexibility index (Phi) is 7.52. The molecule has 0 fully saturated rings. The summed E-state index contributed by atoms with van der Waals surface area (Å²) < 4.78 is 6.51. The standard InChI is InChI=1S/C44H31N3O/c1-3-4-23-39-29(2)40-41-35(21-14-22-36(41)45-42(43(40)48-39)33-17-10-6-11-18-33)30-24-26-32(27-25-30)38-28-37(31-15-8-5-9-16-31)46-44(47-38)34-19-12-7-13-20-34/h3-28H,2H2,1H3/b4-3-,39-23+. The van der Waals surface area contributed by atoms with Crippen LogP contribution in [0, 0.1) is 0 Å². The molecule has 5 aromatic carbocycles. The van der Waals surface area contributed by atoms with Gasteiger partial charge in [0.1, 0.15) is 11.1 Å². The van der Waals surface area contributed by atoms with E-state index in [0.717, 1.165) is 83.0 Å². The summed E-state index contributed by atoms with van der Waals surface area (Å²) in [5.41, 5.74) is 11.1. The van der Waals surface area contributed by atoms with Gasteiger partial charge in [0.25, 0.3) is 0 Å². The van der Waals surface area contributed by atoms with Gasteiger partial charge in [0.15, 0.2) is 11.4 Å². The van der Waals surface area contributed by atoms with Gasteiger partial charge in [-0.2, -0.15) is 0 Å². The molecule has 0 bridgehead atoms. The number of fused-ring (bicyclic) bond motifs is 3. The zero-order valence-electron chi connectivity index (χ0n) is 26.5. The number of hydrogen-bond donors (Lipinski definition) is 0. The molecule has 0 atom stereocenters. The fourth-order valence-corrected chi connectivity index (χ4v) is 6.22. The van der Waals surface area contributed by atoms with Gasteiger partial charge in [-0.25, -0.2) is 15.0 Å². The minimum atomic E-state index is 0.696. The highest BCUT2D eigenvalue weighted by atomic mass is 16.3. The van der Waals surface area contributed by atoms with E-state index in [1.54, 1.807) is 0 Å². The van der Waals surface area contributed by atoms with Gasteiger partial charge < -0.3 is 4.42 Å². The molecule has 4 heteroatoms. The van der Waals surface area contributed by atoms with Crippen LogP contribution in [0.5, 0.6) is 0 Å². The van der Waals surface area contributed by atoms with Gasteiger partial charge in [0.05, 0.1) is 16.9 Å². The molecule has 0 amide bonds. The molecule has 0 unspecified atom stereocenters. The molecule has 48 heavy (non-hydrogen) atoms. The first-order chi connectivity index (χ1) is 23.7. The van der Waals surface area contributed by atoms with Crippen molar-refractivity contribution in [3.63, 3.8) is 0 Å². The number of aromatic nitrogens is 3. The molecule has 3 heterocycles. The van der Waals surface area contributed by atoms with Crippen molar-refractivity contribution in [1.29, 1.82) is 0 Å². The first-order valence-electron chi connectivity index (χ1n) is 16.0. The first kappa shape index (κ1) is 29.0. The molecule has 0 aliphatic heterocycles. The Labute approximate surface area is 278 Å². The summed E-state index contributed by atoms with van der Waals surface area (Å²) in [6.45, 7) is 6.49. The zero-order chi connectivity index (χ0) is 32.5. The second kappa shape index (κ2) is 12.4. The second-order valence-corrected chi connectivity index (χ2v) is 11.6. The summed E-state index contributed by atoms with van der Waals surface area (Å²) in [6.07, 6.45) is 5.93. The summed E-state index contributed by atoms with van der Waals surface area (Å²) in [6, 6.07) is 47.5. The van der Waals surface area contributed by atoms with Gasteiger partial charge in [-0.15, -0.1) is 0 Å². The maximum absolute atomic E-state index is 6.51. The van der Waals surface area contributed by atoms with Crippen LogP contribution in [0.3, 0.4) is 0 Å². The molecule has 0 aliphatic carbocycles. The fraction of sp³-hybridized carbons (Fsp3) is 0.0227. The fourth-order valence-electron chi connectivity index (χ4n) is 6.22. The Balaban J connectivity index is 1.29. The van der Waals surface area contributed by atoms with Crippen LogP contribution in [-0.2, 0) is 0 Å². The number of hydrogen-bond acceptors (Lipinski definition) is 4. The molecule has 4 nitrogen and oxygen atoms in total. The summed E-state index contributed by atoms with van der Waals surface area (Å²) >= 11 is 0. The van der Waals surface area contributed by atoms with Gasteiger partial charge in [-0.3, -0.25) is 0 Å². The van der Waals surface area contributed by atoms with Crippen LogP contribution >= 0.6 is 0 Å². The Bertz CT molecular complexity index is 2500. The van der Waals surface area contributed by atoms with E-state index in [-0.39, 0.29) is 0 Å². The van der Waals surface area contributed by atoms with Gasteiger partial charge in [-0.05, 0) is 36.3 Å². The van der Waals surface area contributed by atoms with Crippen molar-refractivity contribution in [2.45, 2.75) is 6.92 Å². The smallest absolute Gasteiger partial charge is 0.162 e. The van der Waals surface area contributed by atoms with Crippen LogP contribution < -0.4 is 10.6 Å².